The van der Waals surface area contributed by atoms with Crippen molar-refractivity contribution in [2.45, 2.75) is 18.7 Å². The molecule has 4 rings (SSSR count). The molecule has 0 radical (unpaired) electrons. The van der Waals surface area contributed by atoms with Gasteiger partial charge in [-0.1, -0.05) is 18.2 Å². The van der Waals surface area contributed by atoms with Crippen LogP contribution in [0.15, 0.2) is 54.7 Å². The quantitative estimate of drug-likeness (QED) is 0.683. The normalized spacial score (nSPS) is 17.1. The molecule has 28 heavy (non-hydrogen) atoms. The monoisotopic (exact) mass is 387 g/mol. The lowest BCUT2D eigenvalue weighted by atomic mass is 10.2. The Morgan fingerprint density at radius 1 is 1.11 bits per heavy atom. The van der Waals surface area contributed by atoms with Gasteiger partial charge in [-0.25, -0.2) is 4.98 Å². The van der Waals surface area contributed by atoms with Gasteiger partial charge in [-0.2, -0.15) is 13.2 Å². The minimum atomic E-state index is -4.53. The summed E-state index contributed by atoms with van der Waals surface area (Å²) < 4.78 is 43.7. The van der Waals surface area contributed by atoms with Gasteiger partial charge in [0.1, 0.15) is 11.8 Å². The molecule has 0 bridgehead atoms. The minimum Gasteiger partial charge on any atom is -0.472 e. The van der Waals surface area contributed by atoms with Crippen LogP contribution in [0.2, 0.25) is 0 Å². The summed E-state index contributed by atoms with van der Waals surface area (Å²) in [6, 6.07) is 13.3. The van der Waals surface area contributed by atoms with Gasteiger partial charge in [0.2, 0.25) is 5.88 Å². The fourth-order valence-electron chi connectivity index (χ4n) is 3.16. The molecule has 3 heterocycles. The molecular formula is C20H16F3N3O2. The summed E-state index contributed by atoms with van der Waals surface area (Å²) in [4.78, 5) is 21.9. The van der Waals surface area contributed by atoms with Crippen LogP contribution in [0, 0.1) is 0 Å². The molecule has 1 aliphatic heterocycles. The van der Waals surface area contributed by atoms with Crippen molar-refractivity contribution in [3.8, 4) is 5.88 Å². The van der Waals surface area contributed by atoms with E-state index < -0.39 is 11.9 Å². The van der Waals surface area contributed by atoms with E-state index in [4.69, 9.17) is 4.74 Å². The van der Waals surface area contributed by atoms with Gasteiger partial charge in [0.05, 0.1) is 17.6 Å². The number of halogens is 3. The molecule has 1 amide bonds. The number of aromatic nitrogens is 2. The highest BCUT2D eigenvalue weighted by Crippen LogP contribution is 2.27. The Morgan fingerprint density at radius 3 is 2.68 bits per heavy atom. The third-order valence-electron chi connectivity index (χ3n) is 4.59. The molecule has 1 atom stereocenters. The summed E-state index contributed by atoms with van der Waals surface area (Å²) in [7, 11) is 0. The van der Waals surface area contributed by atoms with Crippen molar-refractivity contribution in [1.29, 1.82) is 0 Å². The van der Waals surface area contributed by atoms with Crippen molar-refractivity contribution >= 4 is 16.8 Å². The van der Waals surface area contributed by atoms with Gasteiger partial charge < -0.3 is 9.64 Å². The lowest BCUT2D eigenvalue weighted by molar-refractivity contribution is -0.141. The van der Waals surface area contributed by atoms with Gasteiger partial charge in [-0.05, 0) is 24.3 Å². The number of hydrogen-bond acceptors (Lipinski definition) is 4. The zero-order valence-corrected chi connectivity index (χ0v) is 14.7. The average Bonchev–Trinajstić information content (AvgIpc) is 3.15. The number of likely N-dealkylation sites (tertiary alicyclic amines) is 1. The number of ether oxygens (including phenoxy) is 1. The van der Waals surface area contributed by atoms with Crippen LogP contribution in [0.3, 0.4) is 0 Å². The van der Waals surface area contributed by atoms with Crippen molar-refractivity contribution in [3.05, 3.63) is 66.0 Å². The van der Waals surface area contributed by atoms with E-state index in [0.29, 0.717) is 25.4 Å². The second-order valence-corrected chi connectivity index (χ2v) is 6.55. The topological polar surface area (TPSA) is 55.3 Å². The Balaban J connectivity index is 1.41. The molecule has 1 saturated heterocycles. The molecule has 1 unspecified atom stereocenters. The van der Waals surface area contributed by atoms with E-state index in [1.807, 2.05) is 30.3 Å². The molecule has 0 saturated carbocycles. The third-order valence-corrected chi connectivity index (χ3v) is 4.59. The van der Waals surface area contributed by atoms with Crippen molar-refractivity contribution < 1.29 is 22.7 Å². The van der Waals surface area contributed by atoms with E-state index in [9.17, 15) is 18.0 Å². The first-order valence-electron chi connectivity index (χ1n) is 8.75. The molecule has 1 aromatic carbocycles. The van der Waals surface area contributed by atoms with Gasteiger partial charge in [-0.3, -0.25) is 9.78 Å². The van der Waals surface area contributed by atoms with Crippen LogP contribution in [0.5, 0.6) is 5.88 Å². The molecule has 0 aliphatic carbocycles. The Kier molecular flexibility index (Phi) is 4.62. The third kappa shape index (κ3) is 3.76. The number of carbonyl (C=O) groups excluding carboxylic acids is 1. The number of hydrogen-bond donors (Lipinski definition) is 0. The van der Waals surface area contributed by atoms with Crippen molar-refractivity contribution in [2.24, 2.45) is 0 Å². The highest BCUT2D eigenvalue weighted by molar-refractivity contribution is 5.94. The van der Waals surface area contributed by atoms with Crippen LogP contribution in [0.4, 0.5) is 13.2 Å². The first-order valence-corrected chi connectivity index (χ1v) is 8.75. The molecule has 8 heteroatoms. The summed E-state index contributed by atoms with van der Waals surface area (Å²) in [5.74, 6) is 0.119. The van der Waals surface area contributed by atoms with Crippen molar-refractivity contribution in [2.75, 3.05) is 13.1 Å². The molecule has 2 aromatic heterocycles. The Hall–Kier alpha value is -3.16. The molecule has 1 fully saturated rings. The summed E-state index contributed by atoms with van der Waals surface area (Å²) in [5.41, 5.74) is -0.0756. The highest BCUT2D eigenvalue weighted by Gasteiger charge is 2.33. The van der Waals surface area contributed by atoms with Gasteiger partial charge in [0.25, 0.3) is 5.91 Å². The molecule has 0 N–H and O–H groups in total. The number of para-hydroxylation sites is 1. The second-order valence-electron chi connectivity index (χ2n) is 6.55. The van der Waals surface area contributed by atoms with Gasteiger partial charge in [0, 0.05) is 30.6 Å². The maximum Gasteiger partial charge on any atom is 0.433 e. The largest absolute Gasteiger partial charge is 0.472 e. The number of carbonyl (C=O) groups is 1. The Labute approximate surface area is 158 Å². The SMILES string of the molecule is O=C(c1ccc(C(F)(F)F)nc1)N1CCC(Oc2ccc3ccccc3n2)C1. The van der Waals surface area contributed by atoms with Crippen LogP contribution in [0.1, 0.15) is 22.5 Å². The number of nitrogens with zero attached hydrogens (tertiary/aromatic N) is 3. The number of alkyl halides is 3. The molecule has 144 valence electrons. The summed E-state index contributed by atoms with van der Waals surface area (Å²) in [5, 5.41) is 1.01. The maximum absolute atomic E-state index is 12.6. The predicted molar refractivity (Wildman–Crippen MR) is 95.9 cm³/mol. The van der Waals surface area contributed by atoms with Crippen LogP contribution in [-0.4, -0.2) is 40.0 Å². The predicted octanol–water partition coefficient (Wildman–Crippen LogP) is 3.94. The standard InChI is InChI=1S/C20H16F3N3O2/c21-20(22,23)17-7-5-14(11-24-17)19(27)26-10-9-15(12-26)28-18-8-6-13-3-1-2-4-16(13)25-18/h1-8,11,15H,9-10,12H2. The lowest BCUT2D eigenvalue weighted by Gasteiger charge is -2.17. The molecule has 5 nitrogen and oxygen atoms in total. The Bertz CT molecular complexity index is 1010. The van der Waals surface area contributed by atoms with Gasteiger partial charge in [-0.15, -0.1) is 0 Å². The highest BCUT2D eigenvalue weighted by atomic mass is 19.4. The van der Waals surface area contributed by atoms with Crippen LogP contribution in [-0.2, 0) is 6.18 Å². The summed E-state index contributed by atoms with van der Waals surface area (Å²) in [6.45, 7) is 0.798. The molecule has 0 spiro atoms. The average molecular weight is 387 g/mol. The number of fused-ring (bicyclic) bond motifs is 1. The van der Waals surface area contributed by atoms with Gasteiger partial charge in [0.15, 0.2) is 0 Å². The smallest absolute Gasteiger partial charge is 0.433 e. The van der Waals surface area contributed by atoms with Crippen LogP contribution in [0.25, 0.3) is 10.9 Å². The van der Waals surface area contributed by atoms with E-state index >= 15 is 0 Å². The molecule has 1 aliphatic rings. The first kappa shape index (κ1) is 18.2. The number of rotatable bonds is 3. The zero-order chi connectivity index (χ0) is 19.7. The van der Waals surface area contributed by atoms with E-state index in [2.05, 4.69) is 9.97 Å². The van der Waals surface area contributed by atoms with Crippen LogP contribution < -0.4 is 4.74 Å². The second kappa shape index (κ2) is 7.10. The van der Waals surface area contributed by atoms with E-state index in [0.717, 1.165) is 29.2 Å². The fourth-order valence-corrected chi connectivity index (χ4v) is 3.16. The number of benzene rings is 1. The zero-order valence-electron chi connectivity index (χ0n) is 14.7. The summed E-state index contributed by atoms with van der Waals surface area (Å²) in [6.07, 6.45) is -3.17. The first-order chi connectivity index (χ1) is 13.4. The van der Waals surface area contributed by atoms with Gasteiger partial charge >= 0.3 is 6.18 Å². The van der Waals surface area contributed by atoms with Crippen LogP contribution >= 0.6 is 0 Å². The fraction of sp³-hybridized carbons (Fsp3) is 0.250. The lowest BCUT2D eigenvalue weighted by Crippen LogP contribution is -2.31. The maximum atomic E-state index is 12.6. The molecular weight excluding hydrogens is 371 g/mol. The van der Waals surface area contributed by atoms with E-state index in [-0.39, 0.29) is 17.6 Å². The number of pyridine rings is 2. The van der Waals surface area contributed by atoms with E-state index in [1.165, 1.54) is 0 Å². The van der Waals surface area contributed by atoms with Crippen molar-refractivity contribution in [1.82, 2.24) is 14.9 Å². The molecule has 3 aromatic rings. The minimum absolute atomic E-state index is 0.123. The number of amides is 1. The van der Waals surface area contributed by atoms with E-state index in [1.54, 1.807) is 11.0 Å². The summed E-state index contributed by atoms with van der Waals surface area (Å²) >= 11 is 0. The Morgan fingerprint density at radius 2 is 1.93 bits per heavy atom. The van der Waals surface area contributed by atoms with Crippen molar-refractivity contribution in [3.63, 3.8) is 0 Å².